The average Bonchev–Trinajstić information content (AvgIpc) is 2.63. The molecule has 2 unspecified atom stereocenters. The van der Waals surface area contributed by atoms with Crippen molar-refractivity contribution < 1.29 is 18.0 Å². The standard InChI is InChI=1S/C13H13BrF3NO/c14-10-7-8-3-1-2-4-9(8)12(10)18-11(19)5-6-13(15,16)17/h1-4,10,12H,5-7H2,(H,18,19). The maximum Gasteiger partial charge on any atom is 0.389 e. The van der Waals surface area contributed by atoms with E-state index in [4.69, 9.17) is 0 Å². The minimum absolute atomic E-state index is 0.0275. The number of alkyl halides is 4. The Morgan fingerprint density at radius 2 is 2.05 bits per heavy atom. The first kappa shape index (κ1) is 14.4. The largest absolute Gasteiger partial charge is 0.389 e. The van der Waals surface area contributed by atoms with Crippen molar-refractivity contribution in [3.05, 3.63) is 35.4 Å². The summed E-state index contributed by atoms with van der Waals surface area (Å²) in [6.45, 7) is 0. The van der Waals surface area contributed by atoms with Crippen LogP contribution in [0.2, 0.25) is 0 Å². The highest BCUT2D eigenvalue weighted by Gasteiger charge is 2.33. The van der Waals surface area contributed by atoms with E-state index < -0.39 is 24.9 Å². The number of halogens is 4. The van der Waals surface area contributed by atoms with Crippen LogP contribution in [0.15, 0.2) is 24.3 Å². The van der Waals surface area contributed by atoms with Gasteiger partial charge < -0.3 is 5.32 Å². The van der Waals surface area contributed by atoms with Crippen molar-refractivity contribution in [3.63, 3.8) is 0 Å². The van der Waals surface area contributed by atoms with Crippen molar-refractivity contribution in [2.75, 3.05) is 0 Å². The number of carbonyl (C=O) groups excluding carboxylic acids is 1. The predicted octanol–water partition coefficient (Wildman–Crippen LogP) is 3.51. The van der Waals surface area contributed by atoms with Crippen LogP contribution in [0.3, 0.4) is 0 Å². The van der Waals surface area contributed by atoms with E-state index in [1.165, 1.54) is 0 Å². The molecule has 1 aliphatic carbocycles. The smallest absolute Gasteiger partial charge is 0.348 e. The molecule has 1 aliphatic rings. The van der Waals surface area contributed by atoms with Crippen LogP contribution in [0.1, 0.15) is 30.0 Å². The fourth-order valence-electron chi connectivity index (χ4n) is 2.22. The lowest BCUT2D eigenvalue weighted by Gasteiger charge is -2.18. The van der Waals surface area contributed by atoms with Gasteiger partial charge in [0, 0.05) is 11.2 Å². The molecule has 0 aliphatic heterocycles. The van der Waals surface area contributed by atoms with Gasteiger partial charge in [-0.2, -0.15) is 13.2 Å². The molecule has 0 radical (unpaired) electrons. The number of hydrogen-bond acceptors (Lipinski definition) is 1. The second-order valence-corrected chi connectivity index (χ2v) is 5.76. The number of fused-ring (bicyclic) bond motifs is 1. The number of nitrogens with one attached hydrogen (secondary N) is 1. The van der Waals surface area contributed by atoms with E-state index in [2.05, 4.69) is 21.2 Å². The van der Waals surface area contributed by atoms with E-state index in [0.717, 1.165) is 17.5 Å². The van der Waals surface area contributed by atoms with Gasteiger partial charge in [-0.25, -0.2) is 0 Å². The molecule has 1 aromatic rings. The molecule has 104 valence electrons. The van der Waals surface area contributed by atoms with Gasteiger partial charge in [0.2, 0.25) is 5.91 Å². The van der Waals surface area contributed by atoms with Crippen molar-refractivity contribution in [3.8, 4) is 0 Å². The quantitative estimate of drug-likeness (QED) is 0.841. The lowest BCUT2D eigenvalue weighted by atomic mass is 10.1. The molecule has 0 saturated carbocycles. The van der Waals surface area contributed by atoms with Crippen molar-refractivity contribution in [1.29, 1.82) is 0 Å². The summed E-state index contributed by atoms with van der Waals surface area (Å²) in [5, 5.41) is 2.67. The second kappa shape index (κ2) is 5.53. The molecular weight excluding hydrogens is 323 g/mol. The highest BCUT2D eigenvalue weighted by Crippen LogP contribution is 2.35. The van der Waals surface area contributed by atoms with E-state index in [1.54, 1.807) is 0 Å². The first-order chi connectivity index (χ1) is 8.87. The van der Waals surface area contributed by atoms with Crippen LogP contribution in [-0.4, -0.2) is 16.9 Å². The molecule has 0 heterocycles. The zero-order valence-electron chi connectivity index (χ0n) is 10.0. The first-order valence-corrected chi connectivity index (χ1v) is 6.86. The second-order valence-electron chi connectivity index (χ2n) is 4.58. The summed E-state index contributed by atoms with van der Waals surface area (Å²) in [5.41, 5.74) is 2.09. The van der Waals surface area contributed by atoms with Gasteiger partial charge in [0.25, 0.3) is 0 Å². The summed E-state index contributed by atoms with van der Waals surface area (Å²) < 4.78 is 36.2. The van der Waals surface area contributed by atoms with Gasteiger partial charge in [0.05, 0.1) is 12.5 Å². The monoisotopic (exact) mass is 335 g/mol. The molecule has 19 heavy (non-hydrogen) atoms. The Hall–Kier alpha value is -1.04. The number of hydrogen-bond donors (Lipinski definition) is 1. The van der Waals surface area contributed by atoms with Gasteiger partial charge in [0.1, 0.15) is 0 Å². The molecule has 1 amide bonds. The Labute approximate surface area is 117 Å². The Morgan fingerprint density at radius 3 is 2.74 bits per heavy atom. The van der Waals surface area contributed by atoms with Gasteiger partial charge in [-0.15, -0.1) is 0 Å². The van der Waals surface area contributed by atoms with Gasteiger partial charge in [-0.3, -0.25) is 4.79 Å². The van der Waals surface area contributed by atoms with Crippen LogP contribution in [0.5, 0.6) is 0 Å². The van der Waals surface area contributed by atoms with Crippen LogP contribution >= 0.6 is 15.9 Å². The maximum atomic E-state index is 12.1. The van der Waals surface area contributed by atoms with E-state index in [0.29, 0.717) is 0 Å². The van der Waals surface area contributed by atoms with Crippen molar-refractivity contribution in [1.82, 2.24) is 5.32 Å². The normalized spacial score (nSPS) is 22.1. The summed E-state index contributed by atoms with van der Waals surface area (Å²) in [4.78, 5) is 11.6. The Kier molecular flexibility index (Phi) is 4.18. The molecule has 0 fully saturated rings. The topological polar surface area (TPSA) is 29.1 Å². The number of benzene rings is 1. The van der Waals surface area contributed by atoms with Crippen LogP contribution in [0.25, 0.3) is 0 Å². The minimum atomic E-state index is -4.29. The van der Waals surface area contributed by atoms with Crippen LogP contribution in [0.4, 0.5) is 13.2 Å². The first-order valence-electron chi connectivity index (χ1n) is 5.95. The fraction of sp³-hybridized carbons (Fsp3) is 0.462. The van der Waals surface area contributed by atoms with E-state index in [-0.39, 0.29) is 10.9 Å². The van der Waals surface area contributed by atoms with Gasteiger partial charge in [-0.1, -0.05) is 40.2 Å². The zero-order chi connectivity index (χ0) is 14.0. The molecule has 2 atom stereocenters. The Morgan fingerprint density at radius 1 is 1.37 bits per heavy atom. The maximum absolute atomic E-state index is 12.1. The Bertz CT molecular complexity index is 475. The lowest BCUT2D eigenvalue weighted by Crippen LogP contribution is -2.32. The Balaban J connectivity index is 1.98. The van der Waals surface area contributed by atoms with Crippen LogP contribution < -0.4 is 5.32 Å². The molecule has 0 saturated heterocycles. The lowest BCUT2D eigenvalue weighted by molar-refractivity contribution is -0.144. The van der Waals surface area contributed by atoms with Crippen molar-refractivity contribution >= 4 is 21.8 Å². The third-order valence-electron chi connectivity index (χ3n) is 3.12. The molecule has 0 bridgehead atoms. The highest BCUT2D eigenvalue weighted by molar-refractivity contribution is 9.09. The summed E-state index contributed by atoms with van der Waals surface area (Å²) in [6, 6.07) is 7.37. The van der Waals surface area contributed by atoms with E-state index in [9.17, 15) is 18.0 Å². The minimum Gasteiger partial charge on any atom is -0.348 e. The highest BCUT2D eigenvalue weighted by atomic mass is 79.9. The fourth-order valence-corrected chi connectivity index (χ4v) is 2.98. The number of amides is 1. The molecular formula is C13H13BrF3NO. The summed E-state index contributed by atoms with van der Waals surface area (Å²) in [6.07, 6.45) is -5.14. The van der Waals surface area contributed by atoms with Crippen molar-refractivity contribution in [2.45, 2.75) is 36.3 Å². The molecule has 1 N–H and O–H groups in total. The van der Waals surface area contributed by atoms with Crippen molar-refractivity contribution in [2.24, 2.45) is 0 Å². The SMILES string of the molecule is O=C(CCC(F)(F)F)NC1c2ccccc2CC1Br. The molecule has 0 spiro atoms. The van der Waals surface area contributed by atoms with E-state index in [1.807, 2.05) is 24.3 Å². The number of rotatable bonds is 3. The third kappa shape index (κ3) is 3.72. The molecule has 2 nitrogen and oxygen atoms in total. The number of carbonyl (C=O) groups is 1. The summed E-state index contributed by atoms with van der Waals surface area (Å²) in [7, 11) is 0. The molecule has 2 rings (SSSR count). The van der Waals surface area contributed by atoms with Gasteiger partial charge in [0.15, 0.2) is 0 Å². The van der Waals surface area contributed by atoms with Crippen LogP contribution in [0, 0.1) is 0 Å². The molecule has 6 heteroatoms. The summed E-state index contributed by atoms with van der Waals surface area (Å²) >= 11 is 3.47. The van der Waals surface area contributed by atoms with Crippen LogP contribution in [-0.2, 0) is 11.2 Å². The zero-order valence-corrected chi connectivity index (χ0v) is 11.6. The third-order valence-corrected chi connectivity index (χ3v) is 3.97. The predicted molar refractivity (Wildman–Crippen MR) is 69.0 cm³/mol. The van der Waals surface area contributed by atoms with E-state index >= 15 is 0 Å². The average molecular weight is 336 g/mol. The molecule has 0 aromatic heterocycles. The van der Waals surface area contributed by atoms with Gasteiger partial charge in [-0.05, 0) is 17.5 Å². The summed E-state index contributed by atoms with van der Waals surface area (Å²) in [5.74, 6) is -0.566. The molecule has 1 aromatic carbocycles. The van der Waals surface area contributed by atoms with Gasteiger partial charge >= 0.3 is 6.18 Å².